The largest absolute Gasteiger partial charge is 0.487 e. The molecule has 198 valence electrons. The fourth-order valence-electron chi connectivity index (χ4n) is 5.25. The van der Waals surface area contributed by atoms with Gasteiger partial charge in [-0.3, -0.25) is 9.78 Å². The van der Waals surface area contributed by atoms with Crippen molar-refractivity contribution in [1.29, 1.82) is 0 Å². The van der Waals surface area contributed by atoms with E-state index in [1.165, 1.54) is 0 Å². The number of rotatable bonds is 6. The lowest BCUT2D eigenvalue weighted by Crippen LogP contribution is -2.34. The summed E-state index contributed by atoms with van der Waals surface area (Å²) < 4.78 is 6.11. The van der Waals surface area contributed by atoms with Gasteiger partial charge in [0.25, 0.3) is 0 Å². The number of ether oxygens (including phenoxy) is 1. The van der Waals surface area contributed by atoms with Gasteiger partial charge in [0.1, 0.15) is 12.4 Å². The molecule has 1 atom stereocenters. The minimum atomic E-state index is -0.958. The SMILES string of the molecule is CN(C(=O)C1CCN(CC/C=C2/c3cc(C(C)(C)O)ccc3OCc3ncccc32)C1)c1ccc(Cl)cc1. The number of fused-ring (bicyclic) bond motifs is 2. The molecule has 0 aliphatic carbocycles. The molecule has 7 heteroatoms. The van der Waals surface area contributed by atoms with Gasteiger partial charge in [0.15, 0.2) is 0 Å². The van der Waals surface area contributed by atoms with Crippen LogP contribution in [0.1, 0.15) is 49.1 Å². The number of halogens is 1. The number of amides is 1. The summed E-state index contributed by atoms with van der Waals surface area (Å²) >= 11 is 6.00. The zero-order chi connectivity index (χ0) is 26.9. The van der Waals surface area contributed by atoms with Crippen molar-refractivity contribution < 1.29 is 14.6 Å². The Bertz CT molecular complexity index is 1350. The van der Waals surface area contributed by atoms with E-state index in [2.05, 4.69) is 22.0 Å². The van der Waals surface area contributed by atoms with Crippen molar-refractivity contribution >= 4 is 28.8 Å². The standard InChI is InChI=1S/C31H34ClN3O3/c1-31(2,37)22-8-13-29-27(18-22)25(26-6-4-15-33-28(26)20-38-29)7-5-16-35-17-14-21(19-35)30(36)34(3)24-11-9-23(32)10-12-24/h4,6-13,15,18,21,37H,5,14,16-17,19-20H2,1-3H3/b25-7+. The molecule has 1 unspecified atom stereocenters. The van der Waals surface area contributed by atoms with E-state index in [0.717, 1.165) is 71.9 Å². The molecular weight excluding hydrogens is 498 g/mol. The number of likely N-dealkylation sites (tertiary alicyclic amines) is 1. The van der Waals surface area contributed by atoms with Crippen molar-refractivity contribution in [2.45, 2.75) is 38.9 Å². The Hall–Kier alpha value is -3.19. The topological polar surface area (TPSA) is 65.9 Å². The van der Waals surface area contributed by atoms with Crippen molar-refractivity contribution in [3.8, 4) is 5.75 Å². The summed E-state index contributed by atoms with van der Waals surface area (Å²) in [6, 6.07) is 17.3. The van der Waals surface area contributed by atoms with E-state index >= 15 is 0 Å². The van der Waals surface area contributed by atoms with Crippen LogP contribution in [0.5, 0.6) is 5.75 Å². The Kier molecular flexibility index (Phi) is 7.57. The summed E-state index contributed by atoms with van der Waals surface area (Å²) in [6.07, 6.45) is 5.72. The van der Waals surface area contributed by atoms with Gasteiger partial charge in [0.05, 0.1) is 17.2 Å². The first kappa shape index (κ1) is 26.4. The van der Waals surface area contributed by atoms with Crippen LogP contribution < -0.4 is 9.64 Å². The second-order valence-corrected chi connectivity index (χ2v) is 11.1. The summed E-state index contributed by atoms with van der Waals surface area (Å²) in [5, 5.41) is 11.3. The quantitative estimate of drug-likeness (QED) is 0.444. The van der Waals surface area contributed by atoms with E-state index < -0.39 is 5.60 Å². The number of anilines is 1. The minimum absolute atomic E-state index is 0.0189. The second kappa shape index (κ2) is 10.9. The molecule has 0 spiro atoms. The molecule has 1 saturated heterocycles. The Morgan fingerprint density at radius 2 is 2.00 bits per heavy atom. The van der Waals surface area contributed by atoms with Crippen molar-refractivity contribution in [2.75, 3.05) is 31.6 Å². The molecule has 3 heterocycles. The molecule has 1 fully saturated rings. The first-order valence-corrected chi connectivity index (χ1v) is 13.5. The van der Waals surface area contributed by atoms with E-state index in [0.29, 0.717) is 11.6 Å². The van der Waals surface area contributed by atoms with Gasteiger partial charge in [0, 0.05) is 48.2 Å². The van der Waals surface area contributed by atoms with E-state index in [-0.39, 0.29) is 11.8 Å². The molecule has 3 aromatic rings. The predicted octanol–water partition coefficient (Wildman–Crippen LogP) is 5.66. The average Bonchev–Trinajstić information content (AvgIpc) is 3.32. The van der Waals surface area contributed by atoms with Crippen molar-refractivity contribution in [1.82, 2.24) is 9.88 Å². The maximum absolute atomic E-state index is 13.1. The van der Waals surface area contributed by atoms with E-state index in [1.807, 2.05) is 55.6 Å². The number of carbonyl (C=O) groups excluding carboxylic acids is 1. The molecule has 1 amide bonds. The summed E-state index contributed by atoms with van der Waals surface area (Å²) in [5.41, 5.74) is 4.73. The molecule has 1 N–H and O–H groups in total. The Balaban J connectivity index is 1.31. The van der Waals surface area contributed by atoms with E-state index in [1.54, 1.807) is 24.9 Å². The molecule has 0 radical (unpaired) electrons. The molecule has 2 aliphatic heterocycles. The smallest absolute Gasteiger partial charge is 0.231 e. The lowest BCUT2D eigenvalue weighted by Gasteiger charge is -2.22. The van der Waals surface area contributed by atoms with Crippen LogP contribution >= 0.6 is 11.6 Å². The number of nitrogens with zero attached hydrogens (tertiary/aromatic N) is 3. The molecule has 0 saturated carbocycles. The molecule has 2 aromatic carbocycles. The van der Waals surface area contributed by atoms with Crippen LogP contribution in [0.25, 0.3) is 5.57 Å². The maximum atomic E-state index is 13.1. The fourth-order valence-corrected chi connectivity index (χ4v) is 5.38. The Labute approximate surface area is 229 Å². The van der Waals surface area contributed by atoms with Gasteiger partial charge in [-0.15, -0.1) is 0 Å². The van der Waals surface area contributed by atoms with Crippen molar-refractivity contribution in [3.05, 3.63) is 94.3 Å². The highest BCUT2D eigenvalue weighted by Crippen LogP contribution is 2.38. The van der Waals surface area contributed by atoms with Crippen LogP contribution in [-0.4, -0.2) is 47.6 Å². The van der Waals surface area contributed by atoms with Crippen LogP contribution in [0.3, 0.4) is 0 Å². The first-order valence-electron chi connectivity index (χ1n) is 13.1. The number of benzene rings is 2. The summed E-state index contributed by atoms with van der Waals surface area (Å²) in [6.45, 7) is 6.49. The average molecular weight is 532 g/mol. The summed E-state index contributed by atoms with van der Waals surface area (Å²) in [4.78, 5) is 21.8. The monoisotopic (exact) mass is 531 g/mol. The molecule has 6 nitrogen and oxygen atoms in total. The highest BCUT2D eigenvalue weighted by molar-refractivity contribution is 6.30. The van der Waals surface area contributed by atoms with Crippen molar-refractivity contribution in [3.63, 3.8) is 0 Å². The first-order chi connectivity index (χ1) is 18.2. The summed E-state index contributed by atoms with van der Waals surface area (Å²) in [5.74, 6) is 0.913. The number of hydrogen-bond donors (Lipinski definition) is 1. The number of carbonyl (C=O) groups is 1. The normalized spacial score (nSPS) is 18.4. The molecule has 2 aliphatic rings. The number of pyridine rings is 1. The van der Waals surface area contributed by atoms with Gasteiger partial charge < -0.3 is 19.6 Å². The molecule has 5 rings (SSSR count). The van der Waals surface area contributed by atoms with Gasteiger partial charge >= 0.3 is 0 Å². The van der Waals surface area contributed by atoms with Gasteiger partial charge in [-0.05, 0) is 86.8 Å². The Morgan fingerprint density at radius 3 is 2.76 bits per heavy atom. The third kappa shape index (κ3) is 5.63. The third-order valence-corrected chi connectivity index (χ3v) is 7.73. The molecule has 38 heavy (non-hydrogen) atoms. The Morgan fingerprint density at radius 1 is 1.21 bits per heavy atom. The number of aliphatic hydroxyl groups is 1. The number of hydrogen-bond acceptors (Lipinski definition) is 5. The van der Waals surface area contributed by atoms with E-state index in [9.17, 15) is 9.90 Å². The van der Waals surface area contributed by atoms with Crippen LogP contribution in [0.4, 0.5) is 5.69 Å². The maximum Gasteiger partial charge on any atom is 0.231 e. The lowest BCUT2D eigenvalue weighted by molar-refractivity contribution is -0.121. The second-order valence-electron chi connectivity index (χ2n) is 10.6. The van der Waals surface area contributed by atoms with Gasteiger partial charge in [-0.25, -0.2) is 0 Å². The fraction of sp³-hybridized carbons (Fsp3) is 0.355. The van der Waals surface area contributed by atoms with Crippen LogP contribution in [0.2, 0.25) is 5.02 Å². The van der Waals surface area contributed by atoms with Crippen LogP contribution in [-0.2, 0) is 17.0 Å². The predicted molar refractivity (Wildman–Crippen MR) is 151 cm³/mol. The number of aromatic nitrogens is 1. The highest BCUT2D eigenvalue weighted by Gasteiger charge is 2.30. The molecular formula is C31H34ClN3O3. The van der Waals surface area contributed by atoms with Gasteiger partial charge in [0.2, 0.25) is 5.91 Å². The minimum Gasteiger partial charge on any atom is -0.487 e. The van der Waals surface area contributed by atoms with Gasteiger partial charge in [-0.1, -0.05) is 29.8 Å². The molecule has 1 aromatic heterocycles. The van der Waals surface area contributed by atoms with E-state index in [4.69, 9.17) is 16.3 Å². The lowest BCUT2D eigenvalue weighted by atomic mass is 9.90. The zero-order valence-corrected chi connectivity index (χ0v) is 22.9. The van der Waals surface area contributed by atoms with Crippen LogP contribution in [0.15, 0.2) is 66.9 Å². The highest BCUT2D eigenvalue weighted by atomic mass is 35.5. The van der Waals surface area contributed by atoms with Crippen LogP contribution in [0, 0.1) is 5.92 Å². The third-order valence-electron chi connectivity index (χ3n) is 7.48. The van der Waals surface area contributed by atoms with Gasteiger partial charge in [-0.2, -0.15) is 0 Å². The zero-order valence-electron chi connectivity index (χ0n) is 22.2. The molecule has 0 bridgehead atoms. The summed E-state index contributed by atoms with van der Waals surface area (Å²) in [7, 11) is 1.83. The van der Waals surface area contributed by atoms with Crippen molar-refractivity contribution in [2.24, 2.45) is 5.92 Å².